The average molecular weight is 419 g/mol. The summed E-state index contributed by atoms with van der Waals surface area (Å²) in [5, 5.41) is 14.1. The van der Waals surface area contributed by atoms with Crippen LogP contribution in [0.25, 0.3) is 33.3 Å². The maximum absolute atomic E-state index is 9.78. The number of halogens is 1. The second-order valence-electron chi connectivity index (χ2n) is 7.54. The van der Waals surface area contributed by atoms with Crippen molar-refractivity contribution in [3.63, 3.8) is 0 Å². The van der Waals surface area contributed by atoms with Crippen LogP contribution in [0.4, 0.5) is 0 Å². The first kappa shape index (κ1) is 19.2. The van der Waals surface area contributed by atoms with Crippen LogP contribution in [0, 0.1) is 11.3 Å². The lowest BCUT2D eigenvalue weighted by molar-refractivity contribution is 0.842. The van der Waals surface area contributed by atoms with Gasteiger partial charge in [0, 0.05) is 34.2 Å². The Kier molecular flexibility index (Phi) is 5.04. The van der Waals surface area contributed by atoms with Crippen molar-refractivity contribution >= 4 is 44.9 Å². The van der Waals surface area contributed by atoms with E-state index in [9.17, 15) is 5.26 Å². The topological polar surface area (TPSA) is 28.7 Å². The Balaban J connectivity index is 1.62. The van der Waals surface area contributed by atoms with Gasteiger partial charge in [0.15, 0.2) is 0 Å². The minimum absolute atomic E-state index is 0.615. The number of hydrogen-bond acceptors (Lipinski definition) is 1. The van der Waals surface area contributed by atoms with Crippen LogP contribution >= 0.6 is 11.6 Å². The third-order valence-electron chi connectivity index (χ3n) is 5.62. The van der Waals surface area contributed by atoms with E-state index in [1.165, 1.54) is 16.3 Å². The zero-order valence-corrected chi connectivity index (χ0v) is 17.6. The lowest BCUT2D eigenvalue weighted by Crippen LogP contribution is -1.98. The van der Waals surface area contributed by atoms with Crippen molar-refractivity contribution in [2.75, 3.05) is 0 Å². The summed E-state index contributed by atoms with van der Waals surface area (Å²) < 4.78 is 2.26. The van der Waals surface area contributed by atoms with E-state index in [2.05, 4.69) is 77.5 Å². The number of nitrogens with zero attached hydrogens (tertiary/aromatic N) is 2. The van der Waals surface area contributed by atoms with Gasteiger partial charge in [-0.05, 0) is 46.2 Å². The molecule has 1 heterocycles. The number of rotatable bonds is 4. The van der Waals surface area contributed by atoms with Gasteiger partial charge in [0.05, 0.1) is 11.6 Å². The van der Waals surface area contributed by atoms with Gasteiger partial charge in [-0.1, -0.05) is 84.4 Å². The molecule has 0 aliphatic rings. The van der Waals surface area contributed by atoms with Crippen molar-refractivity contribution in [2.45, 2.75) is 6.54 Å². The summed E-state index contributed by atoms with van der Waals surface area (Å²) in [5.74, 6) is 0. The SMILES string of the molecule is N#C/C(=C/c1cn(Cc2cccc3ccccc23)c2ccccc12)c1ccc(Cl)cc1. The van der Waals surface area contributed by atoms with Crippen LogP contribution in [0.5, 0.6) is 0 Å². The fourth-order valence-corrected chi connectivity index (χ4v) is 4.23. The molecule has 0 spiro atoms. The molecule has 0 aliphatic carbocycles. The van der Waals surface area contributed by atoms with Crippen molar-refractivity contribution in [2.24, 2.45) is 0 Å². The van der Waals surface area contributed by atoms with Crippen LogP contribution < -0.4 is 0 Å². The number of allylic oxidation sites excluding steroid dienone is 1. The standard InChI is InChI=1S/C28H19ClN2/c29-25-14-12-20(13-15-25)23(17-30)16-24-19-31(28-11-4-3-10-27(24)28)18-22-8-5-7-21-6-1-2-9-26(21)22/h1-16,19H,18H2/b23-16-. The Morgan fingerprint density at radius 3 is 2.35 bits per heavy atom. The van der Waals surface area contributed by atoms with Crippen molar-refractivity contribution in [1.29, 1.82) is 5.26 Å². The molecule has 5 aromatic rings. The highest BCUT2D eigenvalue weighted by Gasteiger charge is 2.10. The second kappa shape index (κ2) is 8.14. The van der Waals surface area contributed by atoms with E-state index in [1.54, 1.807) is 0 Å². The Morgan fingerprint density at radius 2 is 1.55 bits per heavy atom. The van der Waals surface area contributed by atoms with Crippen LogP contribution in [0.2, 0.25) is 5.02 Å². The molecular formula is C28H19ClN2. The van der Waals surface area contributed by atoms with Crippen LogP contribution in [0.3, 0.4) is 0 Å². The van der Waals surface area contributed by atoms with E-state index in [-0.39, 0.29) is 0 Å². The highest BCUT2D eigenvalue weighted by molar-refractivity contribution is 6.30. The molecule has 4 aromatic carbocycles. The summed E-state index contributed by atoms with van der Waals surface area (Å²) in [6, 6.07) is 33.0. The summed E-state index contributed by atoms with van der Waals surface area (Å²) in [7, 11) is 0. The van der Waals surface area contributed by atoms with Crippen LogP contribution in [-0.2, 0) is 6.54 Å². The maximum atomic E-state index is 9.78. The highest BCUT2D eigenvalue weighted by Crippen LogP contribution is 2.28. The summed E-state index contributed by atoms with van der Waals surface area (Å²) in [6.45, 7) is 0.762. The summed E-state index contributed by atoms with van der Waals surface area (Å²) in [6.07, 6.45) is 4.10. The van der Waals surface area contributed by atoms with E-state index in [1.807, 2.05) is 36.4 Å². The third kappa shape index (κ3) is 3.72. The molecule has 0 aliphatic heterocycles. The number of hydrogen-bond donors (Lipinski definition) is 0. The first-order valence-corrected chi connectivity index (χ1v) is 10.5. The molecule has 0 saturated heterocycles. The van der Waals surface area contributed by atoms with Crippen molar-refractivity contribution < 1.29 is 0 Å². The molecule has 0 atom stereocenters. The molecule has 2 nitrogen and oxygen atoms in total. The molecule has 0 saturated carbocycles. The van der Waals surface area contributed by atoms with Crippen molar-refractivity contribution in [1.82, 2.24) is 4.57 Å². The molecule has 148 valence electrons. The zero-order chi connectivity index (χ0) is 21.2. The van der Waals surface area contributed by atoms with Gasteiger partial charge in [-0.25, -0.2) is 0 Å². The lowest BCUT2D eigenvalue weighted by atomic mass is 10.0. The van der Waals surface area contributed by atoms with E-state index < -0.39 is 0 Å². The van der Waals surface area contributed by atoms with Gasteiger partial charge < -0.3 is 4.57 Å². The highest BCUT2D eigenvalue weighted by atomic mass is 35.5. The van der Waals surface area contributed by atoms with Gasteiger partial charge in [0.1, 0.15) is 0 Å². The molecule has 0 fully saturated rings. The number of aromatic nitrogens is 1. The molecule has 3 heteroatoms. The van der Waals surface area contributed by atoms with E-state index in [4.69, 9.17) is 11.6 Å². The molecule has 0 amide bonds. The number of fused-ring (bicyclic) bond motifs is 2. The maximum Gasteiger partial charge on any atom is 0.0998 e. The van der Waals surface area contributed by atoms with Gasteiger partial charge in [0.25, 0.3) is 0 Å². The fourth-order valence-electron chi connectivity index (χ4n) is 4.10. The van der Waals surface area contributed by atoms with Crippen LogP contribution in [0.1, 0.15) is 16.7 Å². The fraction of sp³-hybridized carbons (Fsp3) is 0.0357. The Hall–Kier alpha value is -3.80. The Morgan fingerprint density at radius 1 is 0.839 bits per heavy atom. The first-order valence-electron chi connectivity index (χ1n) is 10.2. The predicted molar refractivity (Wildman–Crippen MR) is 130 cm³/mol. The summed E-state index contributed by atoms with van der Waals surface area (Å²) in [5.41, 5.74) is 4.92. The number of benzene rings is 4. The quantitative estimate of drug-likeness (QED) is 0.277. The molecular weight excluding hydrogens is 400 g/mol. The van der Waals surface area contributed by atoms with Crippen LogP contribution in [0.15, 0.2) is 97.2 Å². The Bertz CT molecular complexity index is 1460. The van der Waals surface area contributed by atoms with E-state index in [0.29, 0.717) is 10.6 Å². The minimum Gasteiger partial charge on any atom is -0.342 e. The number of para-hydroxylation sites is 1. The minimum atomic E-state index is 0.615. The molecule has 1 aromatic heterocycles. The van der Waals surface area contributed by atoms with Gasteiger partial charge in [-0.2, -0.15) is 5.26 Å². The molecule has 0 N–H and O–H groups in total. The average Bonchev–Trinajstić information content (AvgIpc) is 3.15. The third-order valence-corrected chi connectivity index (χ3v) is 5.87. The molecule has 0 bridgehead atoms. The van der Waals surface area contributed by atoms with Crippen LogP contribution in [-0.4, -0.2) is 4.57 Å². The predicted octanol–water partition coefficient (Wildman–Crippen LogP) is 7.56. The van der Waals surface area contributed by atoms with Crippen molar-refractivity contribution in [3.05, 3.63) is 119 Å². The number of nitriles is 1. The molecule has 0 radical (unpaired) electrons. The molecule has 31 heavy (non-hydrogen) atoms. The van der Waals surface area contributed by atoms with E-state index in [0.717, 1.165) is 28.6 Å². The van der Waals surface area contributed by atoms with Gasteiger partial charge in [0.2, 0.25) is 0 Å². The zero-order valence-electron chi connectivity index (χ0n) is 16.8. The Labute approximate surface area is 186 Å². The monoisotopic (exact) mass is 418 g/mol. The lowest BCUT2D eigenvalue weighted by Gasteiger charge is -2.09. The van der Waals surface area contributed by atoms with E-state index >= 15 is 0 Å². The first-order chi connectivity index (χ1) is 15.2. The largest absolute Gasteiger partial charge is 0.342 e. The van der Waals surface area contributed by atoms with Gasteiger partial charge in [-0.15, -0.1) is 0 Å². The normalized spacial score (nSPS) is 11.7. The van der Waals surface area contributed by atoms with Crippen molar-refractivity contribution in [3.8, 4) is 6.07 Å². The molecule has 0 unspecified atom stereocenters. The second-order valence-corrected chi connectivity index (χ2v) is 7.98. The van der Waals surface area contributed by atoms with Gasteiger partial charge >= 0.3 is 0 Å². The van der Waals surface area contributed by atoms with Gasteiger partial charge in [-0.3, -0.25) is 0 Å². The summed E-state index contributed by atoms with van der Waals surface area (Å²) in [4.78, 5) is 0. The summed E-state index contributed by atoms with van der Waals surface area (Å²) >= 11 is 6.01. The smallest absolute Gasteiger partial charge is 0.0998 e. The molecule has 5 rings (SSSR count).